The number of likely N-dealkylation sites (N-methyl/N-ethyl adjacent to an activating group) is 1. The minimum absolute atomic E-state index is 0.0622. The standard InChI is InChI=1S/C24H47N3O3/c1-9-15-25-20(28)14-12-10-11-13-16-27(8)22(18(4)5)24(30)26-21(17(2)3)23(29)19(6)7/h17-19,21-22H,9-16H2,1-8H3,(H,25,28)(H,26,30)/t21?,22-/m0/s1. The fourth-order valence-corrected chi connectivity index (χ4v) is 3.67. The van der Waals surface area contributed by atoms with Gasteiger partial charge in [0.1, 0.15) is 0 Å². The van der Waals surface area contributed by atoms with Crippen LogP contribution < -0.4 is 10.6 Å². The van der Waals surface area contributed by atoms with Gasteiger partial charge < -0.3 is 10.6 Å². The molecule has 6 heteroatoms. The maximum atomic E-state index is 13.0. The first kappa shape index (κ1) is 28.6. The molecule has 2 N–H and O–H groups in total. The zero-order valence-electron chi connectivity index (χ0n) is 20.7. The molecule has 0 saturated heterocycles. The Morgan fingerprint density at radius 3 is 1.97 bits per heavy atom. The minimum Gasteiger partial charge on any atom is -0.356 e. The zero-order valence-corrected chi connectivity index (χ0v) is 20.7. The van der Waals surface area contributed by atoms with Crippen molar-refractivity contribution in [2.45, 2.75) is 99.1 Å². The molecular formula is C24H47N3O3. The maximum absolute atomic E-state index is 13.0. The molecule has 0 aromatic rings. The highest BCUT2D eigenvalue weighted by Crippen LogP contribution is 2.15. The number of ketones is 1. The second-order valence-electron chi connectivity index (χ2n) is 9.47. The summed E-state index contributed by atoms with van der Waals surface area (Å²) in [5.74, 6) is 0.285. The molecule has 0 rings (SSSR count). The molecule has 0 heterocycles. The van der Waals surface area contributed by atoms with Crippen molar-refractivity contribution in [3.63, 3.8) is 0 Å². The van der Waals surface area contributed by atoms with Gasteiger partial charge in [0.2, 0.25) is 11.8 Å². The topological polar surface area (TPSA) is 78.5 Å². The van der Waals surface area contributed by atoms with Crippen LogP contribution in [-0.2, 0) is 14.4 Å². The van der Waals surface area contributed by atoms with Crippen LogP contribution in [0.3, 0.4) is 0 Å². The summed E-state index contributed by atoms with van der Waals surface area (Å²) in [4.78, 5) is 39.2. The van der Waals surface area contributed by atoms with Crippen molar-refractivity contribution in [1.82, 2.24) is 15.5 Å². The molecule has 0 spiro atoms. The first-order valence-corrected chi connectivity index (χ1v) is 11.8. The molecule has 0 fully saturated rings. The van der Waals surface area contributed by atoms with Crippen LogP contribution in [0.2, 0.25) is 0 Å². The summed E-state index contributed by atoms with van der Waals surface area (Å²) in [6, 6.07) is -0.697. The largest absolute Gasteiger partial charge is 0.356 e. The van der Waals surface area contributed by atoms with Crippen LogP contribution in [0.1, 0.15) is 87.0 Å². The van der Waals surface area contributed by atoms with Crippen LogP contribution in [0.5, 0.6) is 0 Å². The Balaban J connectivity index is 4.55. The van der Waals surface area contributed by atoms with E-state index in [2.05, 4.69) is 15.5 Å². The van der Waals surface area contributed by atoms with Crippen LogP contribution in [0.15, 0.2) is 0 Å². The molecule has 0 aliphatic carbocycles. The van der Waals surface area contributed by atoms with E-state index in [0.29, 0.717) is 6.42 Å². The summed E-state index contributed by atoms with van der Waals surface area (Å²) < 4.78 is 0. The maximum Gasteiger partial charge on any atom is 0.238 e. The number of amides is 2. The Morgan fingerprint density at radius 1 is 0.867 bits per heavy atom. The number of carbonyl (C=O) groups excluding carboxylic acids is 3. The highest BCUT2D eigenvalue weighted by molar-refractivity contribution is 5.92. The van der Waals surface area contributed by atoms with Gasteiger partial charge in [0.05, 0.1) is 12.1 Å². The van der Waals surface area contributed by atoms with Crippen molar-refractivity contribution in [2.75, 3.05) is 20.1 Å². The van der Waals surface area contributed by atoms with Gasteiger partial charge in [-0.3, -0.25) is 19.3 Å². The Hall–Kier alpha value is -1.43. The average molecular weight is 426 g/mol. The number of rotatable bonds is 16. The third kappa shape index (κ3) is 11.1. The molecule has 0 aliphatic heterocycles. The normalized spacial score (nSPS) is 13.7. The van der Waals surface area contributed by atoms with Gasteiger partial charge in [0, 0.05) is 18.9 Å². The van der Waals surface area contributed by atoms with Crippen LogP contribution in [0.4, 0.5) is 0 Å². The SMILES string of the molecule is CCCNC(=O)CCCCCCN(C)[C@H](C(=O)NC(C(=O)C(C)C)C(C)C)C(C)C. The van der Waals surface area contributed by atoms with Gasteiger partial charge >= 0.3 is 0 Å². The number of hydrogen-bond donors (Lipinski definition) is 2. The van der Waals surface area contributed by atoms with Crippen molar-refractivity contribution in [2.24, 2.45) is 17.8 Å². The molecule has 0 aromatic heterocycles. The summed E-state index contributed by atoms with van der Waals surface area (Å²) in [6.45, 7) is 15.4. The van der Waals surface area contributed by atoms with E-state index in [1.165, 1.54) is 0 Å². The van der Waals surface area contributed by atoms with E-state index in [0.717, 1.165) is 45.2 Å². The minimum atomic E-state index is -0.439. The molecule has 2 atom stereocenters. The molecule has 30 heavy (non-hydrogen) atoms. The van der Waals surface area contributed by atoms with E-state index in [1.54, 1.807) is 0 Å². The van der Waals surface area contributed by atoms with Crippen LogP contribution in [-0.4, -0.2) is 54.7 Å². The molecule has 0 bridgehead atoms. The smallest absolute Gasteiger partial charge is 0.238 e. The molecular weight excluding hydrogens is 378 g/mol. The van der Waals surface area contributed by atoms with E-state index in [9.17, 15) is 14.4 Å². The quantitative estimate of drug-likeness (QED) is 0.369. The Bertz CT molecular complexity index is 518. The molecule has 0 aliphatic rings. The highest BCUT2D eigenvalue weighted by Gasteiger charge is 2.32. The van der Waals surface area contributed by atoms with Gasteiger partial charge in [-0.05, 0) is 44.7 Å². The van der Waals surface area contributed by atoms with E-state index in [1.807, 2.05) is 55.5 Å². The molecule has 1 unspecified atom stereocenters. The van der Waals surface area contributed by atoms with Crippen molar-refractivity contribution in [1.29, 1.82) is 0 Å². The predicted molar refractivity (Wildman–Crippen MR) is 124 cm³/mol. The number of nitrogens with zero attached hydrogens (tertiary/aromatic N) is 1. The number of carbonyl (C=O) groups is 3. The summed E-state index contributed by atoms with van der Waals surface area (Å²) in [7, 11) is 1.98. The molecule has 0 radical (unpaired) electrons. The lowest BCUT2D eigenvalue weighted by Crippen LogP contribution is -2.54. The van der Waals surface area contributed by atoms with Gasteiger partial charge in [-0.15, -0.1) is 0 Å². The van der Waals surface area contributed by atoms with Crippen LogP contribution in [0, 0.1) is 17.8 Å². The fourth-order valence-electron chi connectivity index (χ4n) is 3.67. The average Bonchev–Trinajstić information content (AvgIpc) is 2.65. The summed E-state index contributed by atoms with van der Waals surface area (Å²) >= 11 is 0. The van der Waals surface area contributed by atoms with Gasteiger partial charge in [-0.1, -0.05) is 61.3 Å². The van der Waals surface area contributed by atoms with Crippen molar-refractivity contribution >= 4 is 17.6 Å². The number of unbranched alkanes of at least 4 members (excludes halogenated alkanes) is 3. The third-order valence-corrected chi connectivity index (χ3v) is 5.45. The fraction of sp³-hybridized carbons (Fsp3) is 0.875. The summed E-state index contributed by atoms with van der Waals surface area (Å²) in [6.07, 6.45) is 5.50. The predicted octanol–water partition coefficient (Wildman–Crippen LogP) is 3.79. The van der Waals surface area contributed by atoms with Gasteiger partial charge in [-0.25, -0.2) is 0 Å². The molecule has 0 saturated carbocycles. The molecule has 2 amide bonds. The van der Waals surface area contributed by atoms with Gasteiger partial charge in [-0.2, -0.15) is 0 Å². The lowest BCUT2D eigenvalue weighted by Gasteiger charge is -2.32. The molecule has 176 valence electrons. The van der Waals surface area contributed by atoms with Crippen molar-refractivity contribution in [3.8, 4) is 0 Å². The van der Waals surface area contributed by atoms with E-state index < -0.39 is 6.04 Å². The number of Topliss-reactive ketones (excluding diaryl/α,β-unsaturated/α-hetero) is 1. The highest BCUT2D eigenvalue weighted by atomic mass is 16.2. The monoisotopic (exact) mass is 425 g/mol. The van der Waals surface area contributed by atoms with Gasteiger partial charge in [0.15, 0.2) is 5.78 Å². The zero-order chi connectivity index (χ0) is 23.3. The first-order valence-electron chi connectivity index (χ1n) is 11.8. The molecule has 6 nitrogen and oxygen atoms in total. The van der Waals surface area contributed by atoms with Crippen LogP contribution in [0.25, 0.3) is 0 Å². The van der Waals surface area contributed by atoms with Gasteiger partial charge in [0.25, 0.3) is 0 Å². The van der Waals surface area contributed by atoms with Crippen molar-refractivity contribution in [3.05, 3.63) is 0 Å². The van der Waals surface area contributed by atoms with E-state index >= 15 is 0 Å². The summed E-state index contributed by atoms with van der Waals surface area (Å²) in [5.41, 5.74) is 0. The van der Waals surface area contributed by atoms with E-state index in [4.69, 9.17) is 0 Å². The Kier molecular flexibility index (Phi) is 14.7. The lowest BCUT2D eigenvalue weighted by molar-refractivity contribution is -0.134. The molecule has 0 aromatic carbocycles. The Morgan fingerprint density at radius 2 is 1.47 bits per heavy atom. The number of hydrogen-bond acceptors (Lipinski definition) is 4. The lowest BCUT2D eigenvalue weighted by atomic mass is 9.92. The van der Waals surface area contributed by atoms with E-state index in [-0.39, 0.29) is 41.4 Å². The third-order valence-electron chi connectivity index (χ3n) is 5.45. The first-order chi connectivity index (χ1) is 14.0. The number of nitrogens with one attached hydrogen (secondary N) is 2. The second-order valence-corrected chi connectivity index (χ2v) is 9.47. The van der Waals surface area contributed by atoms with Crippen molar-refractivity contribution < 1.29 is 14.4 Å². The summed E-state index contributed by atoms with van der Waals surface area (Å²) in [5, 5.41) is 5.93. The van der Waals surface area contributed by atoms with Crippen LogP contribution >= 0.6 is 0 Å². The second kappa shape index (κ2) is 15.4. The Labute approximate surface area is 184 Å².